The molecule has 2 amide bonds. The molecule has 0 saturated heterocycles. The molecule has 142 valence electrons. The average molecular weight is 393 g/mol. The first-order chi connectivity index (χ1) is 13.5. The molecule has 0 spiro atoms. The van der Waals surface area contributed by atoms with Crippen molar-refractivity contribution in [3.63, 3.8) is 0 Å². The molecule has 1 aromatic heterocycles. The number of hydrogen-bond acceptors (Lipinski definition) is 5. The zero-order valence-electron chi connectivity index (χ0n) is 15.4. The standard InChI is InChI=1S/C20H19N5O2S/c1-21-19(27)15-6-3-14(4-7-15)5-12-18(26)23-16-8-10-17(11-9-16)28-20-24-22-13-25(20)2/h3-13H,1-2H3,(H,21,27)(H,23,26)/b12-5+. The summed E-state index contributed by atoms with van der Waals surface area (Å²) in [5.74, 6) is -0.377. The van der Waals surface area contributed by atoms with E-state index >= 15 is 0 Å². The zero-order chi connectivity index (χ0) is 19.9. The van der Waals surface area contributed by atoms with Crippen LogP contribution in [0.3, 0.4) is 0 Å². The summed E-state index contributed by atoms with van der Waals surface area (Å²) in [4.78, 5) is 24.6. The lowest BCUT2D eigenvalue weighted by molar-refractivity contribution is -0.111. The third kappa shape index (κ3) is 5.08. The molecule has 0 atom stereocenters. The number of nitrogens with zero attached hydrogens (tertiary/aromatic N) is 3. The molecular weight excluding hydrogens is 374 g/mol. The highest BCUT2D eigenvalue weighted by Gasteiger charge is 2.05. The van der Waals surface area contributed by atoms with Crippen molar-refractivity contribution >= 4 is 35.3 Å². The van der Waals surface area contributed by atoms with Crippen LogP contribution in [0.15, 0.2) is 71.0 Å². The fourth-order valence-corrected chi connectivity index (χ4v) is 3.08. The second-order valence-electron chi connectivity index (χ2n) is 5.87. The predicted molar refractivity (Wildman–Crippen MR) is 109 cm³/mol. The average Bonchev–Trinajstić information content (AvgIpc) is 3.12. The van der Waals surface area contributed by atoms with Gasteiger partial charge in [0.2, 0.25) is 5.91 Å². The maximum Gasteiger partial charge on any atom is 0.251 e. The molecule has 0 aliphatic carbocycles. The van der Waals surface area contributed by atoms with E-state index in [0.29, 0.717) is 11.3 Å². The normalized spacial score (nSPS) is 10.8. The highest BCUT2D eigenvalue weighted by molar-refractivity contribution is 7.99. The van der Waals surface area contributed by atoms with E-state index in [2.05, 4.69) is 20.8 Å². The fraction of sp³-hybridized carbons (Fsp3) is 0.100. The third-order valence-electron chi connectivity index (χ3n) is 3.83. The Morgan fingerprint density at radius 1 is 1.07 bits per heavy atom. The minimum Gasteiger partial charge on any atom is -0.355 e. The van der Waals surface area contributed by atoms with Crippen LogP contribution >= 0.6 is 11.8 Å². The van der Waals surface area contributed by atoms with Gasteiger partial charge in [0.1, 0.15) is 6.33 Å². The number of rotatable bonds is 6. The van der Waals surface area contributed by atoms with Crippen molar-refractivity contribution in [1.82, 2.24) is 20.1 Å². The van der Waals surface area contributed by atoms with Gasteiger partial charge in [0.05, 0.1) is 0 Å². The molecule has 3 rings (SSSR count). The summed E-state index contributed by atoms with van der Waals surface area (Å²) < 4.78 is 1.84. The first kappa shape index (κ1) is 19.4. The number of aryl methyl sites for hydroxylation is 1. The Kier molecular flexibility index (Phi) is 6.23. The molecule has 2 N–H and O–H groups in total. The number of carbonyl (C=O) groups excluding carboxylic acids is 2. The number of anilines is 1. The Balaban J connectivity index is 1.56. The minimum atomic E-state index is -0.232. The smallest absolute Gasteiger partial charge is 0.251 e. The van der Waals surface area contributed by atoms with Gasteiger partial charge in [-0.25, -0.2) is 0 Å². The van der Waals surface area contributed by atoms with E-state index in [1.807, 2.05) is 35.9 Å². The maximum atomic E-state index is 12.1. The Bertz CT molecular complexity index is 994. The lowest BCUT2D eigenvalue weighted by Crippen LogP contribution is -2.17. The molecule has 0 bridgehead atoms. The molecule has 0 aliphatic heterocycles. The van der Waals surface area contributed by atoms with Crippen LogP contribution in [0.1, 0.15) is 15.9 Å². The van der Waals surface area contributed by atoms with Crippen molar-refractivity contribution < 1.29 is 9.59 Å². The third-order valence-corrected chi connectivity index (χ3v) is 4.89. The van der Waals surface area contributed by atoms with Crippen LogP contribution in [-0.2, 0) is 11.8 Å². The van der Waals surface area contributed by atoms with E-state index < -0.39 is 0 Å². The van der Waals surface area contributed by atoms with Gasteiger partial charge in [-0.3, -0.25) is 9.59 Å². The Morgan fingerprint density at radius 2 is 1.79 bits per heavy atom. The van der Waals surface area contributed by atoms with Crippen LogP contribution in [0.25, 0.3) is 6.08 Å². The largest absolute Gasteiger partial charge is 0.355 e. The lowest BCUT2D eigenvalue weighted by atomic mass is 10.1. The summed E-state index contributed by atoms with van der Waals surface area (Å²) in [7, 11) is 3.47. The molecule has 2 aromatic carbocycles. The van der Waals surface area contributed by atoms with Crippen LogP contribution < -0.4 is 10.6 Å². The van der Waals surface area contributed by atoms with Crippen molar-refractivity contribution in [2.75, 3.05) is 12.4 Å². The second kappa shape index (κ2) is 9.01. The van der Waals surface area contributed by atoms with Gasteiger partial charge < -0.3 is 15.2 Å². The maximum absolute atomic E-state index is 12.1. The highest BCUT2D eigenvalue weighted by atomic mass is 32.2. The number of nitrogens with one attached hydrogen (secondary N) is 2. The van der Waals surface area contributed by atoms with Crippen LogP contribution in [0.4, 0.5) is 5.69 Å². The van der Waals surface area contributed by atoms with Crippen molar-refractivity contribution in [2.45, 2.75) is 10.1 Å². The lowest BCUT2D eigenvalue weighted by Gasteiger charge is -2.04. The number of hydrogen-bond donors (Lipinski definition) is 2. The van der Waals surface area contributed by atoms with Gasteiger partial charge in [-0.05, 0) is 59.8 Å². The van der Waals surface area contributed by atoms with Gasteiger partial charge in [0, 0.05) is 36.3 Å². The summed E-state index contributed by atoms with van der Waals surface area (Å²) in [6.07, 6.45) is 4.80. The van der Waals surface area contributed by atoms with Crippen molar-refractivity contribution in [3.8, 4) is 0 Å². The van der Waals surface area contributed by atoms with Crippen LogP contribution in [0, 0.1) is 0 Å². The monoisotopic (exact) mass is 393 g/mol. The van der Waals surface area contributed by atoms with Crippen LogP contribution in [0.2, 0.25) is 0 Å². The second-order valence-corrected chi connectivity index (χ2v) is 6.92. The molecule has 1 heterocycles. The number of carbonyl (C=O) groups is 2. The molecule has 0 fully saturated rings. The molecule has 0 aliphatic rings. The fourth-order valence-electron chi connectivity index (χ4n) is 2.32. The van der Waals surface area contributed by atoms with Crippen molar-refractivity contribution in [2.24, 2.45) is 7.05 Å². The summed E-state index contributed by atoms with van der Waals surface area (Å²) in [5, 5.41) is 14.1. The molecule has 8 heteroatoms. The first-order valence-corrected chi connectivity index (χ1v) is 9.30. The van der Waals surface area contributed by atoms with E-state index in [-0.39, 0.29) is 11.8 Å². The number of aromatic nitrogens is 3. The van der Waals surface area contributed by atoms with Gasteiger partial charge in [-0.2, -0.15) is 0 Å². The van der Waals surface area contributed by atoms with Crippen LogP contribution in [-0.4, -0.2) is 33.6 Å². The van der Waals surface area contributed by atoms with E-state index in [4.69, 9.17) is 0 Å². The van der Waals surface area contributed by atoms with Gasteiger partial charge in [0.25, 0.3) is 5.91 Å². The molecule has 3 aromatic rings. The minimum absolute atomic E-state index is 0.144. The molecule has 0 radical (unpaired) electrons. The molecule has 0 unspecified atom stereocenters. The quantitative estimate of drug-likeness (QED) is 0.629. The summed E-state index contributed by atoms with van der Waals surface area (Å²) >= 11 is 1.49. The van der Waals surface area contributed by atoms with Gasteiger partial charge >= 0.3 is 0 Å². The summed E-state index contributed by atoms with van der Waals surface area (Å²) in [5.41, 5.74) is 2.11. The van der Waals surface area contributed by atoms with Gasteiger partial charge in [-0.15, -0.1) is 10.2 Å². The van der Waals surface area contributed by atoms with Crippen molar-refractivity contribution in [3.05, 3.63) is 72.1 Å². The van der Waals surface area contributed by atoms with Crippen LogP contribution in [0.5, 0.6) is 0 Å². The number of amides is 2. The van der Waals surface area contributed by atoms with E-state index in [9.17, 15) is 9.59 Å². The zero-order valence-corrected chi connectivity index (χ0v) is 16.2. The van der Waals surface area contributed by atoms with Gasteiger partial charge in [-0.1, -0.05) is 12.1 Å². The Hall–Kier alpha value is -3.39. The predicted octanol–water partition coefficient (Wildman–Crippen LogP) is 2.98. The highest BCUT2D eigenvalue weighted by Crippen LogP contribution is 2.26. The van der Waals surface area contributed by atoms with E-state index in [1.165, 1.54) is 17.8 Å². The topological polar surface area (TPSA) is 88.9 Å². The Morgan fingerprint density at radius 3 is 2.39 bits per heavy atom. The molecule has 0 saturated carbocycles. The molecular formula is C20H19N5O2S. The SMILES string of the molecule is CNC(=O)c1ccc(/C=C/C(=O)Nc2ccc(Sc3nncn3C)cc2)cc1. The van der Waals surface area contributed by atoms with E-state index in [0.717, 1.165) is 15.6 Å². The van der Waals surface area contributed by atoms with Gasteiger partial charge in [0.15, 0.2) is 5.16 Å². The molecule has 7 nitrogen and oxygen atoms in total. The van der Waals surface area contributed by atoms with E-state index in [1.54, 1.807) is 43.7 Å². The Labute approximate surface area is 166 Å². The summed E-state index contributed by atoms with van der Waals surface area (Å²) in [6, 6.07) is 14.5. The van der Waals surface area contributed by atoms with Crippen molar-refractivity contribution in [1.29, 1.82) is 0 Å². The first-order valence-electron chi connectivity index (χ1n) is 8.48. The summed E-state index contributed by atoms with van der Waals surface area (Å²) in [6.45, 7) is 0. The number of benzene rings is 2. The molecule has 28 heavy (non-hydrogen) atoms.